The molecule has 0 aliphatic carbocycles. The number of methoxy groups -OCH3 is 2. The Bertz CT molecular complexity index is 655. The number of halogens is 3. The van der Waals surface area contributed by atoms with Gasteiger partial charge in [0.15, 0.2) is 0 Å². The normalized spacial score (nSPS) is 11.5. The van der Waals surface area contributed by atoms with E-state index >= 15 is 0 Å². The summed E-state index contributed by atoms with van der Waals surface area (Å²) in [6.07, 6.45) is 0. The van der Waals surface area contributed by atoms with E-state index in [-0.39, 0.29) is 28.6 Å². The van der Waals surface area contributed by atoms with Crippen molar-refractivity contribution in [3.05, 3.63) is 23.8 Å². The Morgan fingerprint density at radius 3 is 2.43 bits per heavy atom. The topological polar surface area (TPSA) is 108 Å². The molecule has 0 heterocycles. The molecule has 0 radical (unpaired) electrons. The number of benzene rings is 1. The third-order valence-corrected chi connectivity index (χ3v) is 4.10. The maximum Gasteiger partial charge on any atom is 0.341 e. The van der Waals surface area contributed by atoms with Gasteiger partial charge in [0.05, 0.1) is 32.2 Å². The number of esters is 1. The number of hydrogen-bond donors (Lipinski definition) is 2. The number of nitrogens with one attached hydrogen (secondary N) is 1. The molecule has 0 saturated heterocycles. The Labute approximate surface area is 138 Å². The van der Waals surface area contributed by atoms with Gasteiger partial charge < -0.3 is 15.2 Å². The Kier molecular flexibility index (Phi) is 7.84. The van der Waals surface area contributed by atoms with Gasteiger partial charge in [-0.05, 0) is 18.2 Å². The van der Waals surface area contributed by atoms with Gasteiger partial charge in [-0.15, -0.1) is 12.4 Å². The van der Waals surface area contributed by atoms with Crippen molar-refractivity contribution in [1.29, 1.82) is 0 Å². The van der Waals surface area contributed by atoms with E-state index in [4.69, 9.17) is 10.5 Å². The molecule has 11 heteroatoms. The van der Waals surface area contributed by atoms with Gasteiger partial charge in [-0.25, -0.2) is 26.7 Å². The molecule has 0 spiro atoms. The molecule has 0 saturated carbocycles. The predicted octanol–water partition coefficient (Wildman–Crippen LogP) is 0.776. The third kappa shape index (κ3) is 5.57. The van der Waals surface area contributed by atoms with Crippen LogP contribution in [0.25, 0.3) is 0 Å². The van der Waals surface area contributed by atoms with Crippen LogP contribution in [-0.2, 0) is 14.8 Å². The number of carbonyl (C=O) groups excluding carboxylic acids is 1. The van der Waals surface area contributed by atoms with E-state index in [1.807, 2.05) is 0 Å². The quantitative estimate of drug-likeness (QED) is 0.683. The third-order valence-electron chi connectivity index (χ3n) is 2.71. The number of rotatable bonds is 7. The second kappa shape index (κ2) is 8.39. The fraction of sp³-hybridized carbons (Fsp3) is 0.417. The summed E-state index contributed by atoms with van der Waals surface area (Å²) in [6.45, 7) is -2.14. The molecule has 0 amide bonds. The minimum absolute atomic E-state index is 0. The average molecular weight is 375 g/mol. The molecule has 0 aliphatic rings. The molecule has 0 unspecified atom stereocenters. The predicted molar refractivity (Wildman–Crippen MR) is 80.8 cm³/mol. The lowest BCUT2D eigenvalue weighted by Crippen LogP contribution is -2.41. The first-order valence-corrected chi connectivity index (χ1v) is 7.49. The van der Waals surface area contributed by atoms with Crippen molar-refractivity contribution in [3.8, 4) is 5.75 Å². The van der Waals surface area contributed by atoms with Crippen molar-refractivity contribution in [2.45, 2.75) is 10.8 Å². The molecule has 0 fully saturated rings. The van der Waals surface area contributed by atoms with Crippen LogP contribution in [0.4, 0.5) is 8.78 Å². The molecule has 23 heavy (non-hydrogen) atoms. The summed E-state index contributed by atoms with van der Waals surface area (Å²) in [5.74, 6) is -4.09. The number of ether oxygens (including phenoxy) is 2. The zero-order chi connectivity index (χ0) is 17.0. The van der Waals surface area contributed by atoms with Gasteiger partial charge in [0.1, 0.15) is 11.3 Å². The molecule has 3 N–H and O–H groups in total. The monoisotopic (exact) mass is 374 g/mol. The molecule has 1 aromatic rings. The molecule has 132 valence electrons. The average Bonchev–Trinajstić information content (AvgIpc) is 2.51. The number of nitrogens with two attached hydrogens (primary N) is 1. The van der Waals surface area contributed by atoms with Crippen LogP contribution in [0.5, 0.6) is 5.75 Å². The van der Waals surface area contributed by atoms with Crippen molar-refractivity contribution in [2.24, 2.45) is 5.73 Å². The Morgan fingerprint density at radius 1 is 1.35 bits per heavy atom. The Balaban J connectivity index is 0.00000484. The summed E-state index contributed by atoms with van der Waals surface area (Å²) in [7, 11) is -1.84. The number of alkyl halides is 2. The van der Waals surface area contributed by atoms with Crippen molar-refractivity contribution >= 4 is 28.4 Å². The van der Waals surface area contributed by atoms with Gasteiger partial charge in [-0.2, -0.15) is 0 Å². The second-order valence-corrected chi connectivity index (χ2v) is 6.01. The fourth-order valence-corrected chi connectivity index (χ4v) is 2.57. The van der Waals surface area contributed by atoms with E-state index in [1.54, 1.807) is 4.72 Å². The van der Waals surface area contributed by atoms with E-state index in [0.717, 1.165) is 19.2 Å². The second-order valence-electron chi connectivity index (χ2n) is 4.24. The van der Waals surface area contributed by atoms with Crippen LogP contribution >= 0.6 is 12.4 Å². The van der Waals surface area contributed by atoms with E-state index in [0.29, 0.717) is 0 Å². The molecule has 7 nitrogen and oxygen atoms in total. The lowest BCUT2D eigenvalue weighted by Gasteiger charge is -2.15. The van der Waals surface area contributed by atoms with Crippen molar-refractivity contribution < 1.29 is 31.5 Å². The first kappa shape index (κ1) is 21.5. The van der Waals surface area contributed by atoms with Crippen LogP contribution < -0.4 is 15.2 Å². The molecular weight excluding hydrogens is 358 g/mol. The molecule has 0 aliphatic heterocycles. The van der Waals surface area contributed by atoms with Crippen molar-refractivity contribution in [1.82, 2.24) is 4.72 Å². The lowest BCUT2D eigenvalue weighted by atomic mass is 10.2. The smallest absolute Gasteiger partial charge is 0.341 e. The van der Waals surface area contributed by atoms with E-state index in [2.05, 4.69) is 4.74 Å². The lowest BCUT2D eigenvalue weighted by molar-refractivity contribution is 0.0170. The van der Waals surface area contributed by atoms with Crippen molar-refractivity contribution in [3.63, 3.8) is 0 Å². The summed E-state index contributed by atoms with van der Waals surface area (Å²) in [5, 5.41) is 0. The SMILES string of the molecule is COC(=O)c1cc(S(=O)(=O)NCC(F)(F)CN)ccc1OC.Cl. The van der Waals surface area contributed by atoms with Gasteiger partial charge >= 0.3 is 5.97 Å². The van der Waals surface area contributed by atoms with Crippen molar-refractivity contribution in [2.75, 3.05) is 27.3 Å². The summed E-state index contributed by atoms with van der Waals surface area (Å²) in [5.41, 5.74) is 4.69. The van der Waals surface area contributed by atoms with Gasteiger partial charge in [-0.3, -0.25) is 0 Å². The summed E-state index contributed by atoms with van der Waals surface area (Å²) in [6, 6.07) is 3.32. The number of carbonyl (C=O) groups is 1. The van der Waals surface area contributed by atoms with Crippen LogP contribution in [0.15, 0.2) is 23.1 Å². The highest BCUT2D eigenvalue weighted by Gasteiger charge is 2.30. The molecular formula is C12H17ClF2N2O5S. The van der Waals surface area contributed by atoms with E-state index in [1.165, 1.54) is 13.2 Å². The summed E-state index contributed by atoms with van der Waals surface area (Å²) in [4.78, 5) is 11.2. The standard InChI is InChI=1S/C12H16F2N2O5S.ClH/c1-20-10-4-3-8(5-9(10)11(17)21-2)22(18,19)16-7-12(13,14)6-15;/h3-5,16H,6-7,15H2,1-2H3;1H. The van der Waals surface area contributed by atoms with Crippen LogP contribution in [-0.4, -0.2) is 47.6 Å². The van der Waals surface area contributed by atoms with Gasteiger partial charge in [0.2, 0.25) is 10.0 Å². The number of sulfonamides is 1. The van der Waals surface area contributed by atoms with Gasteiger partial charge in [0.25, 0.3) is 5.92 Å². The first-order valence-electron chi connectivity index (χ1n) is 6.01. The van der Waals surface area contributed by atoms with Gasteiger partial charge in [-0.1, -0.05) is 0 Å². The number of hydrogen-bond acceptors (Lipinski definition) is 6. The molecule has 1 rings (SSSR count). The minimum atomic E-state index is -4.24. The van der Waals surface area contributed by atoms with Crippen LogP contribution in [0, 0.1) is 0 Å². The Hall–Kier alpha value is -1.49. The van der Waals surface area contributed by atoms with Crippen LogP contribution in [0.3, 0.4) is 0 Å². The highest BCUT2D eigenvalue weighted by Crippen LogP contribution is 2.23. The highest BCUT2D eigenvalue weighted by molar-refractivity contribution is 7.89. The molecule has 1 aromatic carbocycles. The van der Waals surface area contributed by atoms with Gasteiger partial charge in [0, 0.05) is 0 Å². The van der Waals surface area contributed by atoms with E-state index < -0.39 is 35.0 Å². The fourth-order valence-electron chi connectivity index (χ4n) is 1.48. The van der Waals surface area contributed by atoms with Crippen LogP contribution in [0.2, 0.25) is 0 Å². The van der Waals surface area contributed by atoms with E-state index in [9.17, 15) is 22.0 Å². The zero-order valence-corrected chi connectivity index (χ0v) is 14.0. The molecule has 0 aromatic heterocycles. The highest BCUT2D eigenvalue weighted by atomic mass is 35.5. The van der Waals surface area contributed by atoms with Crippen LogP contribution in [0.1, 0.15) is 10.4 Å². The largest absolute Gasteiger partial charge is 0.496 e. The molecule has 0 atom stereocenters. The first-order chi connectivity index (χ1) is 10.2. The summed E-state index contributed by atoms with van der Waals surface area (Å²) >= 11 is 0. The maximum atomic E-state index is 13.0. The Morgan fingerprint density at radius 2 is 1.96 bits per heavy atom. The molecule has 0 bridgehead atoms. The zero-order valence-electron chi connectivity index (χ0n) is 12.3. The minimum Gasteiger partial charge on any atom is -0.496 e. The summed E-state index contributed by atoms with van der Waals surface area (Å²) < 4.78 is 61.2. The maximum absolute atomic E-state index is 13.0.